The van der Waals surface area contributed by atoms with Crippen LogP contribution in [0.2, 0.25) is 5.02 Å². The first-order valence-corrected chi connectivity index (χ1v) is 9.31. The molecule has 1 saturated heterocycles. The molecule has 1 aliphatic rings. The van der Waals surface area contributed by atoms with Crippen molar-refractivity contribution in [3.63, 3.8) is 0 Å². The second-order valence-electron chi connectivity index (χ2n) is 6.87. The number of aromatic nitrogens is 1. The maximum atomic E-state index is 13.2. The monoisotopic (exact) mass is 360 g/mol. The summed E-state index contributed by atoms with van der Waals surface area (Å²) in [4.78, 5) is 19.7. The standard InChI is InChI=1S/C20H25ClN2O2/c1-14-11-18(17-12-16(21)7-8-19(17)22-14)20(24)23-9-3-5-15(13-23)6-4-10-25-2/h7-8,11-12,15H,3-6,9-10,13H2,1-2H3/t15-/m1/s1. The van der Waals surface area contributed by atoms with E-state index in [9.17, 15) is 4.79 Å². The van der Waals surface area contributed by atoms with Crippen LogP contribution in [0, 0.1) is 12.8 Å². The van der Waals surface area contributed by atoms with Crippen LogP contribution >= 0.6 is 11.6 Å². The fraction of sp³-hybridized carbons (Fsp3) is 0.500. The highest BCUT2D eigenvalue weighted by Gasteiger charge is 2.25. The highest BCUT2D eigenvalue weighted by Crippen LogP contribution is 2.27. The summed E-state index contributed by atoms with van der Waals surface area (Å²) in [5.74, 6) is 0.653. The smallest absolute Gasteiger partial charge is 0.254 e. The van der Waals surface area contributed by atoms with Crippen LogP contribution in [0.3, 0.4) is 0 Å². The van der Waals surface area contributed by atoms with Gasteiger partial charge in [-0.15, -0.1) is 0 Å². The molecule has 0 saturated carbocycles. The summed E-state index contributed by atoms with van der Waals surface area (Å²) in [6.07, 6.45) is 4.41. The van der Waals surface area contributed by atoms with Gasteiger partial charge in [0.1, 0.15) is 0 Å². The Morgan fingerprint density at radius 3 is 3.04 bits per heavy atom. The molecule has 1 aromatic heterocycles. The molecule has 0 aliphatic carbocycles. The first-order valence-electron chi connectivity index (χ1n) is 8.93. The number of carbonyl (C=O) groups excluding carboxylic acids is 1. The van der Waals surface area contributed by atoms with E-state index in [1.165, 1.54) is 6.42 Å². The zero-order valence-corrected chi connectivity index (χ0v) is 15.7. The topological polar surface area (TPSA) is 42.4 Å². The Bertz CT molecular complexity index is 763. The van der Waals surface area contributed by atoms with Crippen LogP contribution in [0.4, 0.5) is 0 Å². The number of ether oxygens (including phenoxy) is 1. The average molecular weight is 361 g/mol. The number of hydrogen-bond acceptors (Lipinski definition) is 3. The van der Waals surface area contributed by atoms with Crippen molar-refractivity contribution in [2.24, 2.45) is 5.92 Å². The van der Waals surface area contributed by atoms with Crippen molar-refractivity contribution in [3.8, 4) is 0 Å². The van der Waals surface area contributed by atoms with Gasteiger partial charge in [-0.2, -0.15) is 0 Å². The molecule has 1 aromatic carbocycles. The van der Waals surface area contributed by atoms with Crippen molar-refractivity contribution in [2.45, 2.75) is 32.6 Å². The molecular weight excluding hydrogens is 336 g/mol. The molecule has 0 unspecified atom stereocenters. The fourth-order valence-electron chi connectivity index (χ4n) is 3.68. The van der Waals surface area contributed by atoms with Crippen molar-refractivity contribution in [2.75, 3.05) is 26.8 Å². The zero-order chi connectivity index (χ0) is 17.8. The molecule has 0 spiro atoms. The third-order valence-corrected chi connectivity index (χ3v) is 5.13. The highest BCUT2D eigenvalue weighted by atomic mass is 35.5. The minimum Gasteiger partial charge on any atom is -0.385 e. The molecule has 0 N–H and O–H groups in total. The third kappa shape index (κ3) is 4.31. The van der Waals surface area contributed by atoms with E-state index in [4.69, 9.17) is 16.3 Å². The Labute approximate surface area is 154 Å². The van der Waals surface area contributed by atoms with E-state index < -0.39 is 0 Å². The number of aryl methyl sites for hydroxylation is 1. The minimum atomic E-state index is 0.0919. The van der Waals surface area contributed by atoms with Crippen molar-refractivity contribution in [1.29, 1.82) is 0 Å². The molecule has 0 bridgehead atoms. The molecule has 4 nitrogen and oxygen atoms in total. The van der Waals surface area contributed by atoms with E-state index in [1.54, 1.807) is 7.11 Å². The summed E-state index contributed by atoms with van der Waals surface area (Å²) in [6.45, 7) is 4.36. The molecule has 1 aliphatic heterocycles. The molecular formula is C20H25ClN2O2. The van der Waals surface area contributed by atoms with Crippen molar-refractivity contribution >= 4 is 28.4 Å². The van der Waals surface area contributed by atoms with E-state index in [0.29, 0.717) is 16.5 Å². The van der Waals surface area contributed by atoms with Crippen LogP contribution in [0.5, 0.6) is 0 Å². The number of nitrogens with zero attached hydrogens (tertiary/aromatic N) is 2. The summed E-state index contributed by atoms with van der Waals surface area (Å²) < 4.78 is 5.15. The Kier molecular flexibility index (Phi) is 5.92. The Hall–Kier alpha value is -1.65. The highest BCUT2D eigenvalue weighted by molar-refractivity contribution is 6.31. The van der Waals surface area contributed by atoms with Crippen LogP contribution in [-0.2, 0) is 4.74 Å². The molecule has 3 rings (SSSR count). The number of methoxy groups -OCH3 is 1. The Morgan fingerprint density at radius 2 is 2.24 bits per heavy atom. The van der Waals surface area contributed by atoms with Crippen molar-refractivity contribution in [1.82, 2.24) is 9.88 Å². The van der Waals surface area contributed by atoms with Gasteiger partial charge in [-0.25, -0.2) is 0 Å². The lowest BCUT2D eigenvalue weighted by molar-refractivity contribution is 0.0662. The number of fused-ring (bicyclic) bond motifs is 1. The predicted molar refractivity (Wildman–Crippen MR) is 101 cm³/mol. The molecule has 1 amide bonds. The Balaban J connectivity index is 1.82. The second kappa shape index (κ2) is 8.15. The van der Waals surface area contributed by atoms with Crippen LogP contribution in [-0.4, -0.2) is 42.6 Å². The Morgan fingerprint density at radius 1 is 1.40 bits per heavy atom. The molecule has 5 heteroatoms. The number of likely N-dealkylation sites (tertiary alicyclic amines) is 1. The molecule has 0 radical (unpaired) electrons. The molecule has 2 aromatic rings. The summed E-state index contributed by atoms with van der Waals surface area (Å²) >= 11 is 6.15. The summed E-state index contributed by atoms with van der Waals surface area (Å²) in [7, 11) is 1.73. The van der Waals surface area contributed by atoms with Crippen LogP contribution in [0.1, 0.15) is 41.7 Å². The summed E-state index contributed by atoms with van der Waals surface area (Å²) in [5.41, 5.74) is 2.38. The first kappa shape index (κ1) is 18.2. The zero-order valence-electron chi connectivity index (χ0n) is 14.9. The van der Waals surface area contributed by atoms with Crippen LogP contribution < -0.4 is 0 Å². The largest absolute Gasteiger partial charge is 0.385 e. The van der Waals surface area contributed by atoms with Gasteiger partial charge < -0.3 is 9.64 Å². The van der Waals surface area contributed by atoms with E-state index in [2.05, 4.69) is 4.98 Å². The van der Waals surface area contributed by atoms with Gasteiger partial charge in [0.05, 0.1) is 11.1 Å². The van der Waals surface area contributed by atoms with Gasteiger partial charge in [0.2, 0.25) is 0 Å². The van der Waals surface area contributed by atoms with Crippen LogP contribution in [0.25, 0.3) is 10.9 Å². The van der Waals surface area contributed by atoms with Gasteiger partial charge in [-0.3, -0.25) is 9.78 Å². The van der Waals surface area contributed by atoms with Gasteiger partial charge in [0, 0.05) is 42.9 Å². The summed E-state index contributed by atoms with van der Waals surface area (Å²) in [5, 5.41) is 1.47. The number of rotatable bonds is 5. The number of benzene rings is 1. The third-order valence-electron chi connectivity index (χ3n) is 4.90. The SMILES string of the molecule is COCCC[C@H]1CCCN(C(=O)c2cc(C)nc3ccc(Cl)cc23)C1. The maximum absolute atomic E-state index is 13.2. The molecule has 134 valence electrons. The van der Waals surface area contributed by atoms with E-state index in [-0.39, 0.29) is 5.91 Å². The van der Waals surface area contributed by atoms with E-state index in [1.807, 2.05) is 36.1 Å². The lowest BCUT2D eigenvalue weighted by atomic mass is 9.93. The second-order valence-corrected chi connectivity index (χ2v) is 7.30. The number of carbonyl (C=O) groups is 1. The predicted octanol–water partition coefficient (Wildman–Crippen LogP) is 4.48. The van der Waals surface area contributed by atoms with E-state index in [0.717, 1.165) is 55.6 Å². The first-order chi connectivity index (χ1) is 12.1. The summed E-state index contributed by atoms with van der Waals surface area (Å²) in [6, 6.07) is 7.43. The number of amides is 1. The average Bonchev–Trinajstić information content (AvgIpc) is 2.61. The van der Waals surface area contributed by atoms with E-state index >= 15 is 0 Å². The molecule has 1 atom stereocenters. The normalized spacial score (nSPS) is 17.9. The van der Waals surface area contributed by atoms with Crippen molar-refractivity contribution < 1.29 is 9.53 Å². The van der Waals surface area contributed by atoms with Crippen molar-refractivity contribution in [3.05, 3.63) is 40.5 Å². The van der Waals surface area contributed by atoms with Gasteiger partial charge in [0.25, 0.3) is 5.91 Å². The van der Waals surface area contributed by atoms with Gasteiger partial charge in [0.15, 0.2) is 0 Å². The number of pyridine rings is 1. The molecule has 2 heterocycles. The van der Waals surface area contributed by atoms with Gasteiger partial charge in [-0.05, 0) is 62.8 Å². The fourth-order valence-corrected chi connectivity index (χ4v) is 3.85. The quantitative estimate of drug-likeness (QED) is 0.738. The number of halogens is 1. The lowest BCUT2D eigenvalue weighted by Crippen LogP contribution is -2.40. The maximum Gasteiger partial charge on any atom is 0.254 e. The van der Waals surface area contributed by atoms with Crippen LogP contribution in [0.15, 0.2) is 24.3 Å². The number of piperidine rings is 1. The molecule has 1 fully saturated rings. The van der Waals surface area contributed by atoms with Gasteiger partial charge >= 0.3 is 0 Å². The number of hydrogen-bond donors (Lipinski definition) is 0. The lowest BCUT2D eigenvalue weighted by Gasteiger charge is -2.33. The minimum absolute atomic E-state index is 0.0919. The molecule has 25 heavy (non-hydrogen) atoms. The van der Waals surface area contributed by atoms with Gasteiger partial charge in [-0.1, -0.05) is 11.6 Å².